The van der Waals surface area contributed by atoms with Crippen molar-refractivity contribution in [2.24, 2.45) is 0 Å². The summed E-state index contributed by atoms with van der Waals surface area (Å²) < 4.78 is 0.885. The van der Waals surface area contributed by atoms with Gasteiger partial charge in [-0.25, -0.2) is 9.97 Å². The molecule has 0 amide bonds. The van der Waals surface area contributed by atoms with Gasteiger partial charge >= 0.3 is 0 Å². The van der Waals surface area contributed by atoms with Crippen LogP contribution >= 0.6 is 27.3 Å². The molecule has 2 heterocycles. The molecule has 0 saturated carbocycles. The van der Waals surface area contributed by atoms with Gasteiger partial charge in [0.2, 0.25) is 0 Å². The fourth-order valence-electron chi connectivity index (χ4n) is 1.41. The Morgan fingerprint density at radius 1 is 1.53 bits per heavy atom. The predicted octanol–water partition coefficient (Wildman–Crippen LogP) is 2.85. The van der Waals surface area contributed by atoms with Gasteiger partial charge in [0.15, 0.2) is 0 Å². The van der Waals surface area contributed by atoms with Crippen molar-refractivity contribution < 1.29 is 0 Å². The number of aromatic nitrogens is 2. The van der Waals surface area contributed by atoms with Crippen LogP contribution in [-0.4, -0.2) is 16.5 Å². The molecule has 0 aliphatic rings. The largest absolute Gasteiger partial charge is 0.396 e. The lowest BCUT2D eigenvalue weighted by atomic mass is 10.3. The van der Waals surface area contributed by atoms with Gasteiger partial charge in [-0.05, 0) is 28.9 Å². The standard InChI is InChI=1S/C11H13BrN4S/c1-7-6-17-10(16-7)2-3-14-11-9(13)4-8(12)5-15-11/h4-6H,2-3,13H2,1H3,(H,14,15). The molecule has 0 unspecified atom stereocenters. The number of thiazole rings is 1. The fourth-order valence-corrected chi connectivity index (χ4v) is 2.53. The minimum atomic E-state index is 0.648. The van der Waals surface area contributed by atoms with Crippen molar-refractivity contribution in [2.75, 3.05) is 17.6 Å². The van der Waals surface area contributed by atoms with Gasteiger partial charge in [0, 0.05) is 34.7 Å². The third-order valence-electron chi connectivity index (χ3n) is 2.18. The number of nitrogen functional groups attached to an aromatic ring is 1. The number of nitrogens with one attached hydrogen (secondary N) is 1. The molecule has 4 nitrogen and oxygen atoms in total. The quantitative estimate of drug-likeness (QED) is 0.911. The summed E-state index contributed by atoms with van der Waals surface area (Å²) in [5, 5.41) is 6.39. The van der Waals surface area contributed by atoms with E-state index in [9.17, 15) is 0 Å². The molecule has 0 saturated heterocycles. The maximum atomic E-state index is 5.84. The Bertz CT molecular complexity index is 512. The highest BCUT2D eigenvalue weighted by molar-refractivity contribution is 9.10. The van der Waals surface area contributed by atoms with Crippen molar-refractivity contribution in [2.45, 2.75) is 13.3 Å². The van der Waals surface area contributed by atoms with Crippen molar-refractivity contribution >= 4 is 38.8 Å². The minimum Gasteiger partial charge on any atom is -0.396 e. The molecule has 0 bridgehead atoms. The average molecular weight is 313 g/mol. The molecule has 2 rings (SSSR count). The summed E-state index contributed by atoms with van der Waals surface area (Å²) in [7, 11) is 0. The molecule has 0 atom stereocenters. The molecule has 2 aromatic rings. The highest BCUT2D eigenvalue weighted by atomic mass is 79.9. The van der Waals surface area contributed by atoms with Crippen molar-refractivity contribution in [3.63, 3.8) is 0 Å². The Morgan fingerprint density at radius 3 is 3.00 bits per heavy atom. The van der Waals surface area contributed by atoms with Gasteiger partial charge in [0.05, 0.1) is 10.7 Å². The molecule has 90 valence electrons. The SMILES string of the molecule is Cc1csc(CCNc2ncc(Br)cc2N)n1. The highest BCUT2D eigenvalue weighted by Gasteiger charge is 2.02. The second kappa shape index (κ2) is 5.46. The molecule has 0 aromatic carbocycles. The first-order chi connectivity index (χ1) is 8.15. The Kier molecular flexibility index (Phi) is 3.96. The van der Waals surface area contributed by atoms with Crippen LogP contribution in [0.5, 0.6) is 0 Å². The first-order valence-electron chi connectivity index (χ1n) is 5.21. The Balaban J connectivity index is 1.90. The molecule has 0 aliphatic carbocycles. The van der Waals surface area contributed by atoms with E-state index < -0.39 is 0 Å². The van der Waals surface area contributed by atoms with E-state index in [-0.39, 0.29) is 0 Å². The van der Waals surface area contributed by atoms with Crippen LogP contribution in [-0.2, 0) is 6.42 Å². The summed E-state index contributed by atoms with van der Waals surface area (Å²) in [6, 6.07) is 1.84. The Labute approximate surface area is 112 Å². The van der Waals surface area contributed by atoms with Crippen molar-refractivity contribution in [3.8, 4) is 0 Å². The molecule has 0 aliphatic heterocycles. The van der Waals surface area contributed by atoms with E-state index in [2.05, 4.69) is 36.6 Å². The van der Waals surface area contributed by atoms with Gasteiger partial charge < -0.3 is 11.1 Å². The van der Waals surface area contributed by atoms with Crippen molar-refractivity contribution in [1.29, 1.82) is 0 Å². The number of hydrogen-bond donors (Lipinski definition) is 2. The topological polar surface area (TPSA) is 63.8 Å². The minimum absolute atomic E-state index is 0.648. The molecule has 3 N–H and O–H groups in total. The summed E-state index contributed by atoms with van der Waals surface area (Å²) in [4.78, 5) is 8.61. The van der Waals surface area contributed by atoms with Crippen LogP contribution in [0.2, 0.25) is 0 Å². The monoisotopic (exact) mass is 312 g/mol. The lowest BCUT2D eigenvalue weighted by Gasteiger charge is -2.07. The number of rotatable bonds is 4. The van der Waals surface area contributed by atoms with Gasteiger partial charge in [-0.2, -0.15) is 0 Å². The lowest BCUT2D eigenvalue weighted by molar-refractivity contribution is 0.978. The summed E-state index contributed by atoms with van der Waals surface area (Å²) in [5.41, 5.74) is 7.56. The smallest absolute Gasteiger partial charge is 0.149 e. The van der Waals surface area contributed by atoms with E-state index >= 15 is 0 Å². The normalized spacial score (nSPS) is 10.5. The Morgan fingerprint density at radius 2 is 2.35 bits per heavy atom. The number of hydrogen-bond acceptors (Lipinski definition) is 5. The first-order valence-corrected chi connectivity index (χ1v) is 6.88. The van der Waals surface area contributed by atoms with E-state index in [1.807, 2.05) is 13.0 Å². The molecule has 2 aromatic heterocycles. The predicted molar refractivity (Wildman–Crippen MR) is 75.4 cm³/mol. The summed E-state index contributed by atoms with van der Waals surface area (Å²) >= 11 is 5.01. The van der Waals surface area contributed by atoms with Crippen LogP contribution in [0.4, 0.5) is 11.5 Å². The van der Waals surface area contributed by atoms with Crippen LogP contribution in [0.25, 0.3) is 0 Å². The number of halogens is 1. The maximum Gasteiger partial charge on any atom is 0.149 e. The highest BCUT2D eigenvalue weighted by Crippen LogP contribution is 2.19. The Hall–Kier alpha value is -1.14. The molecule has 17 heavy (non-hydrogen) atoms. The number of aryl methyl sites for hydroxylation is 1. The molecule has 0 radical (unpaired) electrons. The van der Waals surface area contributed by atoms with Gasteiger partial charge in [0.25, 0.3) is 0 Å². The molecule has 6 heteroatoms. The van der Waals surface area contributed by atoms with E-state index in [1.54, 1.807) is 17.5 Å². The zero-order valence-corrected chi connectivity index (χ0v) is 11.8. The van der Waals surface area contributed by atoms with Crippen LogP contribution in [0.3, 0.4) is 0 Å². The summed E-state index contributed by atoms with van der Waals surface area (Å²) in [6.45, 7) is 2.79. The first kappa shape index (κ1) is 12.3. The molecule has 0 fully saturated rings. The molecular formula is C11H13BrN4S. The van der Waals surface area contributed by atoms with E-state index in [0.717, 1.165) is 34.0 Å². The van der Waals surface area contributed by atoms with Gasteiger partial charge in [-0.1, -0.05) is 0 Å². The number of nitrogens with two attached hydrogens (primary N) is 1. The van der Waals surface area contributed by atoms with E-state index in [4.69, 9.17) is 5.73 Å². The van der Waals surface area contributed by atoms with Crippen molar-refractivity contribution in [3.05, 3.63) is 32.8 Å². The fraction of sp³-hybridized carbons (Fsp3) is 0.273. The second-order valence-corrected chi connectivity index (χ2v) is 5.51. The van der Waals surface area contributed by atoms with Crippen LogP contribution in [0, 0.1) is 6.92 Å². The van der Waals surface area contributed by atoms with Gasteiger partial charge in [-0.15, -0.1) is 11.3 Å². The van der Waals surface area contributed by atoms with Gasteiger partial charge in [-0.3, -0.25) is 0 Å². The third kappa shape index (κ3) is 3.41. The lowest BCUT2D eigenvalue weighted by Crippen LogP contribution is -2.08. The zero-order chi connectivity index (χ0) is 12.3. The van der Waals surface area contributed by atoms with Crippen LogP contribution in [0.15, 0.2) is 22.1 Å². The van der Waals surface area contributed by atoms with E-state index in [1.165, 1.54) is 0 Å². The number of nitrogens with zero attached hydrogens (tertiary/aromatic N) is 2. The van der Waals surface area contributed by atoms with Crippen LogP contribution in [0.1, 0.15) is 10.7 Å². The number of pyridine rings is 1. The van der Waals surface area contributed by atoms with Crippen LogP contribution < -0.4 is 11.1 Å². The van der Waals surface area contributed by atoms with Gasteiger partial charge in [0.1, 0.15) is 5.82 Å². The summed E-state index contributed by atoms with van der Waals surface area (Å²) in [6.07, 6.45) is 2.61. The third-order valence-corrected chi connectivity index (χ3v) is 3.64. The average Bonchev–Trinajstić information content (AvgIpc) is 2.68. The summed E-state index contributed by atoms with van der Waals surface area (Å²) in [5.74, 6) is 0.724. The van der Waals surface area contributed by atoms with E-state index in [0.29, 0.717) is 5.69 Å². The molecular weight excluding hydrogens is 300 g/mol. The van der Waals surface area contributed by atoms with Crippen molar-refractivity contribution in [1.82, 2.24) is 9.97 Å². The maximum absolute atomic E-state index is 5.84. The second-order valence-electron chi connectivity index (χ2n) is 3.65. The molecule has 0 spiro atoms. The zero-order valence-electron chi connectivity index (χ0n) is 9.40. The number of anilines is 2.